The van der Waals surface area contributed by atoms with Gasteiger partial charge in [0.25, 0.3) is 0 Å². The Labute approximate surface area is 152 Å². The summed E-state index contributed by atoms with van der Waals surface area (Å²) < 4.78 is 53.1. The molecule has 140 valence electrons. The topological polar surface area (TPSA) is 49.4 Å². The predicted molar refractivity (Wildman–Crippen MR) is 96.2 cm³/mol. The van der Waals surface area contributed by atoms with Crippen molar-refractivity contribution in [3.8, 4) is 0 Å². The number of aryl methyl sites for hydroxylation is 1. The van der Waals surface area contributed by atoms with Crippen molar-refractivity contribution in [3.63, 3.8) is 0 Å². The lowest BCUT2D eigenvalue weighted by Gasteiger charge is -2.31. The van der Waals surface area contributed by atoms with E-state index in [0.717, 1.165) is 11.6 Å². The number of piperidine rings is 1. The molecule has 26 heavy (non-hydrogen) atoms. The monoisotopic (exact) mass is 380 g/mol. The third-order valence-electron chi connectivity index (χ3n) is 4.69. The number of hydrogen-bond donors (Lipinski definition) is 1. The van der Waals surface area contributed by atoms with Crippen LogP contribution in [0.4, 0.5) is 8.78 Å². The molecule has 4 nitrogen and oxygen atoms in total. The Morgan fingerprint density at radius 1 is 1.04 bits per heavy atom. The van der Waals surface area contributed by atoms with Gasteiger partial charge in [-0.1, -0.05) is 23.8 Å². The summed E-state index contributed by atoms with van der Waals surface area (Å²) in [4.78, 5) is 0.316. The smallest absolute Gasteiger partial charge is 0.243 e. The molecular formula is C19H22F2N2O2S. The minimum absolute atomic E-state index is 0.146. The van der Waals surface area contributed by atoms with Crippen LogP contribution in [0.25, 0.3) is 0 Å². The molecule has 0 saturated carbocycles. The minimum atomic E-state index is -3.47. The van der Waals surface area contributed by atoms with Crippen molar-refractivity contribution < 1.29 is 17.2 Å². The van der Waals surface area contributed by atoms with E-state index in [9.17, 15) is 17.2 Å². The van der Waals surface area contributed by atoms with E-state index in [0.29, 0.717) is 42.9 Å². The van der Waals surface area contributed by atoms with Gasteiger partial charge in [-0.2, -0.15) is 4.31 Å². The average Bonchev–Trinajstić information content (AvgIpc) is 2.63. The Morgan fingerprint density at radius 2 is 1.69 bits per heavy atom. The Morgan fingerprint density at radius 3 is 2.31 bits per heavy atom. The molecule has 3 rings (SSSR count). The van der Waals surface area contributed by atoms with Gasteiger partial charge in [0.1, 0.15) is 0 Å². The SMILES string of the molecule is Cc1ccc(S(=O)(=O)N2CCC(NCc3ccc(F)c(F)c3)CC2)cc1. The second-order valence-electron chi connectivity index (χ2n) is 6.62. The third kappa shape index (κ3) is 4.28. The van der Waals surface area contributed by atoms with Crippen LogP contribution in [-0.2, 0) is 16.6 Å². The standard InChI is InChI=1S/C19H22F2N2O2S/c1-14-2-5-17(6-3-14)26(24,25)23-10-8-16(9-11-23)22-13-15-4-7-18(20)19(21)12-15/h2-7,12,16,22H,8-11,13H2,1H3. The molecular weight excluding hydrogens is 358 g/mol. The third-order valence-corrected chi connectivity index (χ3v) is 6.60. The summed E-state index contributed by atoms with van der Waals surface area (Å²) in [7, 11) is -3.47. The Kier molecular flexibility index (Phi) is 5.70. The second-order valence-corrected chi connectivity index (χ2v) is 8.56. The van der Waals surface area contributed by atoms with E-state index in [1.54, 1.807) is 30.3 Å². The highest BCUT2D eigenvalue weighted by atomic mass is 32.2. The molecule has 0 amide bonds. The number of rotatable bonds is 5. The molecule has 0 unspecified atom stereocenters. The van der Waals surface area contributed by atoms with Crippen LogP contribution in [0.2, 0.25) is 0 Å². The van der Waals surface area contributed by atoms with Crippen LogP contribution in [0.3, 0.4) is 0 Å². The molecule has 0 spiro atoms. The average molecular weight is 380 g/mol. The summed E-state index contributed by atoms with van der Waals surface area (Å²) in [6, 6.07) is 10.8. The fourth-order valence-electron chi connectivity index (χ4n) is 3.07. The molecule has 0 radical (unpaired) electrons. The predicted octanol–water partition coefficient (Wildman–Crippen LogP) is 3.22. The fraction of sp³-hybridized carbons (Fsp3) is 0.368. The van der Waals surface area contributed by atoms with Crippen LogP contribution in [-0.4, -0.2) is 31.9 Å². The first-order valence-corrected chi connectivity index (χ1v) is 10.0. The van der Waals surface area contributed by atoms with Gasteiger partial charge in [-0.15, -0.1) is 0 Å². The van der Waals surface area contributed by atoms with E-state index < -0.39 is 21.7 Å². The molecule has 7 heteroatoms. The maximum atomic E-state index is 13.2. The van der Waals surface area contributed by atoms with Crippen molar-refractivity contribution in [1.82, 2.24) is 9.62 Å². The highest BCUT2D eigenvalue weighted by molar-refractivity contribution is 7.89. The number of halogens is 2. The molecule has 1 heterocycles. The van der Waals surface area contributed by atoms with Crippen LogP contribution in [0.5, 0.6) is 0 Å². The maximum Gasteiger partial charge on any atom is 0.243 e. The van der Waals surface area contributed by atoms with Crippen LogP contribution in [0, 0.1) is 18.6 Å². The number of benzene rings is 2. The molecule has 1 N–H and O–H groups in total. The molecule has 1 aliphatic heterocycles. The first-order chi connectivity index (χ1) is 12.4. The van der Waals surface area contributed by atoms with Gasteiger partial charge in [0.15, 0.2) is 11.6 Å². The summed E-state index contributed by atoms with van der Waals surface area (Å²) in [5.74, 6) is -1.72. The molecule has 0 aromatic heterocycles. The van der Waals surface area contributed by atoms with E-state index in [4.69, 9.17) is 0 Å². The lowest BCUT2D eigenvalue weighted by atomic mass is 10.1. The quantitative estimate of drug-likeness (QED) is 0.867. The van der Waals surface area contributed by atoms with Gasteiger partial charge in [-0.3, -0.25) is 0 Å². The highest BCUT2D eigenvalue weighted by Gasteiger charge is 2.29. The number of nitrogens with one attached hydrogen (secondary N) is 1. The zero-order valence-corrected chi connectivity index (χ0v) is 15.4. The summed E-state index contributed by atoms with van der Waals surface area (Å²) >= 11 is 0. The number of nitrogens with zero attached hydrogens (tertiary/aromatic N) is 1. The summed E-state index contributed by atoms with van der Waals surface area (Å²) in [5, 5.41) is 3.29. The summed E-state index contributed by atoms with van der Waals surface area (Å²) in [6.07, 6.45) is 1.35. The lowest BCUT2D eigenvalue weighted by Crippen LogP contribution is -2.44. The highest BCUT2D eigenvalue weighted by Crippen LogP contribution is 2.21. The minimum Gasteiger partial charge on any atom is -0.310 e. The van der Waals surface area contributed by atoms with Crippen LogP contribution in [0.15, 0.2) is 47.4 Å². The molecule has 1 fully saturated rings. The maximum absolute atomic E-state index is 13.2. The molecule has 0 aliphatic carbocycles. The van der Waals surface area contributed by atoms with Gasteiger partial charge >= 0.3 is 0 Å². The van der Waals surface area contributed by atoms with Crippen molar-refractivity contribution in [2.75, 3.05) is 13.1 Å². The van der Waals surface area contributed by atoms with E-state index in [1.165, 1.54) is 10.4 Å². The molecule has 1 saturated heterocycles. The van der Waals surface area contributed by atoms with Crippen LogP contribution in [0.1, 0.15) is 24.0 Å². The van der Waals surface area contributed by atoms with Gasteiger partial charge in [0, 0.05) is 25.7 Å². The lowest BCUT2D eigenvalue weighted by molar-refractivity contribution is 0.288. The van der Waals surface area contributed by atoms with Crippen molar-refractivity contribution in [2.24, 2.45) is 0 Å². The molecule has 0 bridgehead atoms. The zero-order valence-electron chi connectivity index (χ0n) is 14.6. The van der Waals surface area contributed by atoms with Crippen molar-refractivity contribution in [1.29, 1.82) is 0 Å². The first kappa shape index (κ1) is 18.9. The van der Waals surface area contributed by atoms with Crippen molar-refractivity contribution in [3.05, 3.63) is 65.2 Å². The molecule has 0 atom stereocenters. The number of hydrogen-bond acceptors (Lipinski definition) is 3. The van der Waals surface area contributed by atoms with Crippen LogP contribution >= 0.6 is 0 Å². The Balaban J connectivity index is 1.55. The Bertz CT molecular complexity index is 862. The molecule has 2 aromatic carbocycles. The van der Waals surface area contributed by atoms with Gasteiger partial charge < -0.3 is 5.32 Å². The van der Waals surface area contributed by atoms with Gasteiger partial charge in [0.05, 0.1) is 4.90 Å². The molecule has 2 aromatic rings. The van der Waals surface area contributed by atoms with Crippen molar-refractivity contribution >= 4 is 10.0 Å². The number of sulfonamides is 1. The largest absolute Gasteiger partial charge is 0.310 e. The van der Waals surface area contributed by atoms with Gasteiger partial charge in [0.2, 0.25) is 10.0 Å². The van der Waals surface area contributed by atoms with E-state index in [-0.39, 0.29) is 6.04 Å². The summed E-state index contributed by atoms with van der Waals surface area (Å²) in [6.45, 7) is 3.21. The van der Waals surface area contributed by atoms with Crippen LogP contribution < -0.4 is 5.32 Å². The van der Waals surface area contributed by atoms with Gasteiger partial charge in [-0.05, 0) is 49.6 Å². The van der Waals surface area contributed by atoms with E-state index in [2.05, 4.69) is 5.32 Å². The summed E-state index contributed by atoms with van der Waals surface area (Å²) in [5.41, 5.74) is 1.68. The van der Waals surface area contributed by atoms with E-state index in [1.807, 2.05) is 6.92 Å². The van der Waals surface area contributed by atoms with Crippen molar-refractivity contribution in [2.45, 2.75) is 37.2 Å². The zero-order chi connectivity index (χ0) is 18.7. The Hall–Kier alpha value is -1.83. The fourth-order valence-corrected chi connectivity index (χ4v) is 4.54. The normalized spacial score (nSPS) is 16.7. The first-order valence-electron chi connectivity index (χ1n) is 8.60. The molecule has 1 aliphatic rings. The van der Waals surface area contributed by atoms with E-state index >= 15 is 0 Å². The van der Waals surface area contributed by atoms with Gasteiger partial charge in [-0.25, -0.2) is 17.2 Å². The second kappa shape index (κ2) is 7.82.